The van der Waals surface area contributed by atoms with Crippen molar-refractivity contribution in [2.45, 2.75) is 86.7 Å². The summed E-state index contributed by atoms with van der Waals surface area (Å²) in [5.41, 5.74) is 12.0. The number of carbonyl (C=O) groups is 5. The minimum absolute atomic E-state index is 0.00245. The number of unbranched alkanes of at least 4 members (excludes halogenated alkanes) is 1. The maximum atomic E-state index is 15.6. The zero-order valence-corrected chi connectivity index (χ0v) is 35.4. The molecule has 3 aliphatic heterocycles. The van der Waals surface area contributed by atoms with E-state index in [2.05, 4.69) is 26.3 Å². The number of guanidine groups is 1. The van der Waals surface area contributed by atoms with Crippen LogP contribution in [0.3, 0.4) is 0 Å². The summed E-state index contributed by atoms with van der Waals surface area (Å²) in [6.07, 6.45) is -0.213. The van der Waals surface area contributed by atoms with Crippen LogP contribution >= 0.6 is 23.5 Å². The van der Waals surface area contributed by atoms with E-state index in [0.29, 0.717) is 0 Å². The number of benzene rings is 2. The number of fused-ring (bicyclic) bond motifs is 2. The molecule has 0 radical (unpaired) electrons. The van der Waals surface area contributed by atoms with E-state index in [0.717, 1.165) is 0 Å². The minimum Gasteiger partial charge on any atom is -0.388 e. The van der Waals surface area contributed by atoms with Crippen LogP contribution in [-0.4, -0.2) is 90.9 Å². The van der Waals surface area contributed by atoms with Crippen LogP contribution in [0.5, 0.6) is 0 Å². The number of amides is 3. The number of carbonyl (C=O) groups excluding carboxylic acids is 5. The lowest BCUT2D eigenvalue weighted by molar-refractivity contribution is -0.134. The number of hydrogen-bond acceptors (Lipinski definition) is 10. The molecule has 24 heteroatoms. The third-order valence-electron chi connectivity index (χ3n) is 9.58. The average Bonchev–Trinajstić information content (AvgIpc) is 3.21. The fourth-order valence-electron chi connectivity index (χ4n) is 6.02. The van der Waals surface area contributed by atoms with Gasteiger partial charge in [-0.2, -0.15) is 0 Å². The summed E-state index contributed by atoms with van der Waals surface area (Å²) in [6, 6.07) is -4.74. The molecule has 2 aromatic rings. The molecule has 0 aromatic heterocycles. The van der Waals surface area contributed by atoms with Crippen molar-refractivity contribution in [1.82, 2.24) is 21.3 Å². The molecule has 62 heavy (non-hydrogen) atoms. The number of rotatable bonds is 14. The van der Waals surface area contributed by atoms with E-state index in [1.165, 1.54) is 20.9 Å². The quantitative estimate of drug-likeness (QED) is 0.0447. The predicted molar refractivity (Wildman–Crippen MR) is 216 cm³/mol. The van der Waals surface area contributed by atoms with Crippen molar-refractivity contribution in [1.29, 1.82) is 5.41 Å². The second kappa shape index (κ2) is 23.5. The van der Waals surface area contributed by atoms with Gasteiger partial charge in [-0.1, -0.05) is 20.3 Å². The molecule has 342 valence electrons. The highest BCUT2D eigenvalue weighted by molar-refractivity contribution is 7.99. The molecule has 4 atom stereocenters. The molecule has 3 heterocycles. The normalized spacial score (nSPS) is 19.1. The molecule has 0 saturated heterocycles. The molecule has 3 amide bonds. The van der Waals surface area contributed by atoms with E-state index in [1.54, 1.807) is 0 Å². The molecular weight excluding hydrogens is 879 g/mol. The zero-order chi connectivity index (χ0) is 46.6. The fraction of sp³-hybridized carbons (Fsp3) is 0.500. The van der Waals surface area contributed by atoms with Gasteiger partial charge in [0.2, 0.25) is 17.7 Å². The maximum Gasteiger partial charge on any atom is 0.243 e. The second-order valence-corrected chi connectivity index (χ2v) is 16.5. The molecule has 4 unspecified atom stereocenters. The molecule has 0 aliphatic carbocycles. The van der Waals surface area contributed by atoms with Crippen molar-refractivity contribution in [3.05, 3.63) is 46.5 Å². The Bertz CT molecular complexity index is 2020. The highest BCUT2D eigenvalue weighted by atomic mass is 32.2. The van der Waals surface area contributed by atoms with Crippen LogP contribution in [0.15, 0.2) is 14.8 Å². The number of aliphatic imine (C=N–C) groups is 1. The first kappa shape index (κ1) is 51.4. The van der Waals surface area contributed by atoms with E-state index in [1.807, 2.05) is 0 Å². The number of nitrogens with two attached hydrogens (primary N) is 3. The van der Waals surface area contributed by atoms with Gasteiger partial charge in [-0.05, 0) is 32.7 Å². The number of ketones is 2. The lowest BCUT2D eigenvalue weighted by Gasteiger charge is -2.26. The van der Waals surface area contributed by atoms with Gasteiger partial charge in [-0.3, -0.25) is 34.4 Å². The van der Waals surface area contributed by atoms with E-state index >= 15 is 35.1 Å². The summed E-state index contributed by atoms with van der Waals surface area (Å²) in [5, 5.41) is 17.2. The molecule has 0 fully saturated rings. The van der Waals surface area contributed by atoms with Gasteiger partial charge in [0.1, 0.15) is 12.1 Å². The van der Waals surface area contributed by atoms with Gasteiger partial charge in [0.05, 0.1) is 39.3 Å². The monoisotopic (exact) mass is 925 g/mol. The van der Waals surface area contributed by atoms with E-state index in [-0.39, 0.29) is 80.4 Å². The Balaban J connectivity index is 2.25. The summed E-state index contributed by atoms with van der Waals surface area (Å²) < 4.78 is 124. The number of nitrogens with one attached hydrogen (secondary N) is 5. The molecule has 3 aliphatic rings. The van der Waals surface area contributed by atoms with Gasteiger partial charge < -0.3 is 38.5 Å². The van der Waals surface area contributed by atoms with Gasteiger partial charge in [-0.15, -0.1) is 23.5 Å². The van der Waals surface area contributed by atoms with Crippen molar-refractivity contribution in [3.63, 3.8) is 0 Å². The molecule has 4 bridgehead atoms. The molecular formula is C38H47F8N9O5S2. The summed E-state index contributed by atoms with van der Waals surface area (Å²) >= 11 is -0.0272. The van der Waals surface area contributed by atoms with Crippen molar-refractivity contribution in [2.24, 2.45) is 34.0 Å². The molecule has 14 nitrogen and oxygen atoms in total. The number of thioether (sulfide) groups is 2. The van der Waals surface area contributed by atoms with Gasteiger partial charge in [-0.25, -0.2) is 35.1 Å². The second-order valence-electron chi connectivity index (χ2n) is 14.4. The first-order valence-electron chi connectivity index (χ1n) is 19.1. The molecule has 11 N–H and O–H groups in total. The number of nitrogens with zero attached hydrogens (tertiary/aromatic N) is 1. The third-order valence-corrected chi connectivity index (χ3v) is 11.9. The highest BCUT2D eigenvalue weighted by Gasteiger charge is 2.37. The Morgan fingerprint density at radius 2 is 1.31 bits per heavy atom. The summed E-state index contributed by atoms with van der Waals surface area (Å²) in [7, 11) is 1.25. The Morgan fingerprint density at radius 1 is 0.774 bits per heavy atom. The fourth-order valence-corrected chi connectivity index (χ4v) is 8.14. The zero-order valence-electron chi connectivity index (χ0n) is 33.7. The van der Waals surface area contributed by atoms with Crippen molar-refractivity contribution < 1.29 is 59.1 Å². The first-order chi connectivity index (χ1) is 29.1. The van der Waals surface area contributed by atoms with Gasteiger partial charge in [0.25, 0.3) is 0 Å². The Hall–Kier alpha value is -4.97. The smallest absolute Gasteiger partial charge is 0.243 e. The van der Waals surface area contributed by atoms with Gasteiger partial charge in [0.15, 0.2) is 64.1 Å². The van der Waals surface area contributed by atoms with Crippen LogP contribution in [0.25, 0.3) is 11.1 Å². The number of likely N-dealkylation sites (N-methyl/N-ethyl adjacent to an activating group) is 1. The highest BCUT2D eigenvalue weighted by Crippen LogP contribution is 2.42. The molecule has 5 rings (SSSR count). The van der Waals surface area contributed by atoms with Crippen molar-refractivity contribution in [3.8, 4) is 11.1 Å². The maximum absolute atomic E-state index is 15.6. The third kappa shape index (κ3) is 13.3. The van der Waals surface area contributed by atoms with E-state index in [4.69, 9.17) is 22.6 Å². The molecule has 0 spiro atoms. The van der Waals surface area contributed by atoms with Crippen LogP contribution in [0.2, 0.25) is 0 Å². The summed E-state index contributed by atoms with van der Waals surface area (Å²) in [6.45, 7) is 2.44. The Kier molecular flexibility index (Phi) is 19.4. The van der Waals surface area contributed by atoms with Crippen LogP contribution in [-0.2, 0) is 24.0 Å². The predicted octanol–water partition coefficient (Wildman–Crippen LogP) is 3.69. The Morgan fingerprint density at radius 3 is 1.79 bits per heavy atom. The lowest BCUT2D eigenvalue weighted by atomic mass is 9.93. The first-order valence-corrected chi connectivity index (χ1v) is 21.1. The number of halogens is 8. The summed E-state index contributed by atoms with van der Waals surface area (Å²) in [5.74, 6) is -27.0. The number of hydrogen-bond donors (Lipinski definition) is 8. The van der Waals surface area contributed by atoms with E-state index in [9.17, 15) is 24.0 Å². The summed E-state index contributed by atoms with van der Waals surface area (Å²) in [4.78, 5) is 68.3. The average molecular weight is 926 g/mol. The minimum atomic E-state index is -2.47. The number of Topliss-reactive ketones (excluding diaryl/α,β-unsaturated/α-hetero) is 2. The number of amidine groups is 1. The van der Waals surface area contributed by atoms with Crippen molar-refractivity contribution >= 4 is 64.6 Å². The van der Waals surface area contributed by atoms with Crippen LogP contribution in [0.1, 0.15) is 58.8 Å². The van der Waals surface area contributed by atoms with Crippen LogP contribution in [0.4, 0.5) is 35.1 Å². The molecule has 2 aromatic carbocycles. The van der Waals surface area contributed by atoms with E-state index < -0.39 is 151 Å². The van der Waals surface area contributed by atoms with Crippen LogP contribution in [0, 0.1) is 63.8 Å². The largest absolute Gasteiger partial charge is 0.388 e. The SMILES string of the molecule is CNC1CSc2c(F)c(F)c(c(F)c2F)-c2c(F)c(F)c(c(F)c2F)SCC(C(=O)NCC(=O)C(C)C)NC(=O)C(CCCCC(=N)N)NC(=O)C(CCCN=C(N)N)CC1=O. The topological polar surface area (TPSA) is 248 Å². The standard InChI is InChI=1S/C38H47F8N9O5S2/c1-15(2)21(57)12-53-36(59)19-14-62-34-31(45)27(41)24(28(42)32(34)46)23-25(39)29(43)33(30(44)26(23)40)61-13-18(51-3)20(56)11-16(7-6-10-52-38(49)50)35(58)54-17(37(60)55-19)8-4-5-9-22(47)48/h15-19,51H,4-14H2,1-3H3,(H3,47,48)(H,53,59)(H,54,58)(H,55,60)(H4,49,50,52). The Labute approximate surface area is 359 Å². The molecule has 0 saturated carbocycles. The van der Waals surface area contributed by atoms with Crippen LogP contribution < -0.4 is 38.5 Å². The van der Waals surface area contributed by atoms with Gasteiger partial charge in [0, 0.05) is 42.7 Å². The van der Waals surface area contributed by atoms with Crippen molar-refractivity contribution in [2.75, 3.05) is 31.6 Å². The van der Waals surface area contributed by atoms with Gasteiger partial charge >= 0.3 is 0 Å². The lowest BCUT2D eigenvalue weighted by Crippen LogP contribution is -2.55.